The first-order valence-corrected chi connectivity index (χ1v) is 8.60. The van der Waals surface area contributed by atoms with E-state index in [1.54, 1.807) is 0 Å². The number of hydrogen-bond acceptors (Lipinski definition) is 1. The van der Waals surface area contributed by atoms with Crippen LogP contribution in [0.25, 0.3) is 0 Å². The first-order valence-electron chi connectivity index (χ1n) is 8.60. The Morgan fingerprint density at radius 2 is 1.38 bits per heavy atom. The maximum absolute atomic E-state index is 4.59. The van der Waals surface area contributed by atoms with Crippen molar-refractivity contribution in [3.05, 3.63) is 88.0 Å². The van der Waals surface area contributed by atoms with E-state index in [-0.39, 0.29) is 0 Å². The molecule has 1 aliphatic carbocycles. The Morgan fingerprint density at radius 1 is 0.792 bits per heavy atom. The topological polar surface area (TPSA) is 12.4 Å². The Bertz CT molecular complexity index is 798. The molecule has 3 rings (SSSR count). The molecule has 122 valence electrons. The van der Waals surface area contributed by atoms with Gasteiger partial charge in [0.05, 0.1) is 5.69 Å². The molecule has 1 nitrogen and oxygen atoms in total. The molecule has 0 bridgehead atoms. The second kappa shape index (κ2) is 7.00. The summed E-state index contributed by atoms with van der Waals surface area (Å²) in [4.78, 5) is 4.59. The number of benzene rings is 2. The number of nitrogens with zero attached hydrogens (tertiary/aromatic N) is 1. The van der Waals surface area contributed by atoms with Gasteiger partial charge in [-0.1, -0.05) is 53.6 Å². The summed E-state index contributed by atoms with van der Waals surface area (Å²) in [7, 11) is 0. The minimum Gasteiger partial charge on any atom is -0.261 e. The van der Waals surface area contributed by atoms with Crippen molar-refractivity contribution in [2.75, 3.05) is 0 Å². The van der Waals surface area contributed by atoms with Gasteiger partial charge in [-0.25, -0.2) is 0 Å². The predicted molar refractivity (Wildman–Crippen MR) is 104 cm³/mol. The lowest BCUT2D eigenvalue weighted by atomic mass is 9.85. The fraction of sp³-hybridized carbons (Fsp3) is 0.261. The fourth-order valence-corrected chi connectivity index (χ4v) is 3.58. The van der Waals surface area contributed by atoms with Gasteiger partial charge in [0.1, 0.15) is 0 Å². The second-order valence-electron chi connectivity index (χ2n) is 6.60. The average Bonchev–Trinajstić information content (AvgIpc) is 2.80. The monoisotopic (exact) mass is 315 g/mol. The second-order valence-corrected chi connectivity index (χ2v) is 6.60. The molecular formula is C23H25N. The average molecular weight is 315 g/mol. The summed E-state index contributed by atoms with van der Waals surface area (Å²) in [6.07, 6.45) is 2.89. The zero-order valence-corrected chi connectivity index (χ0v) is 15.0. The molecule has 0 N–H and O–H groups in total. The van der Waals surface area contributed by atoms with E-state index in [0.717, 1.165) is 12.1 Å². The van der Waals surface area contributed by atoms with Crippen LogP contribution < -0.4 is 0 Å². The Hall–Kier alpha value is -2.41. The van der Waals surface area contributed by atoms with Crippen molar-refractivity contribution in [3.8, 4) is 0 Å². The van der Waals surface area contributed by atoms with E-state index < -0.39 is 0 Å². The third-order valence-electron chi connectivity index (χ3n) is 5.29. The van der Waals surface area contributed by atoms with E-state index in [1.807, 2.05) is 36.5 Å². The lowest BCUT2D eigenvalue weighted by Gasteiger charge is -2.19. The van der Waals surface area contributed by atoms with Crippen LogP contribution in [0, 0.1) is 0 Å². The first kappa shape index (κ1) is 16.4. The lowest BCUT2D eigenvalue weighted by molar-refractivity contribution is 0.919. The van der Waals surface area contributed by atoms with Crippen molar-refractivity contribution in [1.82, 2.24) is 0 Å². The molecule has 0 saturated carbocycles. The van der Waals surface area contributed by atoms with Gasteiger partial charge in [-0.2, -0.15) is 0 Å². The predicted octanol–water partition coefficient (Wildman–Crippen LogP) is 6.40. The van der Waals surface area contributed by atoms with Gasteiger partial charge in [-0.15, -0.1) is 0 Å². The largest absolute Gasteiger partial charge is 0.261 e. The Morgan fingerprint density at radius 3 is 2.04 bits per heavy atom. The highest BCUT2D eigenvalue weighted by molar-refractivity contribution is 5.68. The molecule has 0 aliphatic heterocycles. The molecule has 0 saturated heterocycles. The molecule has 0 amide bonds. The zero-order chi connectivity index (χ0) is 17.1. The van der Waals surface area contributed by atoms with Gasteiger partial charge in [-0.3, -0.25) is 4.99 Å². The summed E-state index contributed by atoms with van der Waals surface area (Å²) >= 11 is 0. The smallest absolute Gasteiger partial charge is 0.0625 e. The van der Waals surface area contributed by atoms with Crippen LogP contribution in [-0.4, -0.2) is 6.21 Å². The molecule has 0 atom stereocenters. The molecule has 1 aliphatic rings. The third-order valence-corrected chi connectivity index (χ3v) is 5.29. The SMILES string of the molecule is CC1=C(C)C(c2ccccc2CC=Nc2ccccc2)C(C)=C1C. The van der Waals surface area contributed by atoms with Gasteiger partial charge in [0.15, 0.2) is 0 Å². The molecule has 0 unspecified atom stereocenters. The van der Waals surface area contributed by atoms with Crippen LogP contribution in [0.1, 0.15) is 44.7 Å². The standard InChI is InChI=1S/C23H25N/c1-16-17(2)19(4)23(18(16)3)22-13-9-8-10-20(22)14-15-24-21-11-6-5-7-12-21/h5-13,15,23H,14H2,1-4H3. The summed E-state index contributed by atoms with van der Waals surface area (Å²) in [5, 5.41) is 0. The van der Waals surface area contributed by atoms with E-state index in [2.05, 4.69) is 57.0 Å². The minimum absolute atomic E-state index is 0.423. The van der Waals surface area contributed by atoms with Gasteiger partial charge >= 0.3 is 0 Å². The first-order chi connectivity index (χ1) is 11.6. The van der Waals surface area contributed by atoms with Crippen LogP contribution in [0.3, 0.4) is 0 Å². The van der Waals surface area contributed by atoms with E-state index >= 15 is 0 Å². The van der Waals surface area contributed by atoms with Crippen LogP contribution in [-0.2, 0) is 6.42 Å². The van der Waals surface area contributed by atoms with E-state index in [0.29, 0.717) is 5.92 Å². The number of allylic oxidation sites excluding steroid dienone is 4. The summed E-state index contributed by atoms with van der Waals surface area (Å²) in [5.41, 5.74) is 9.66. The molecule has 2 aromatic carbocycles. The van der Waals surface area contributed by atoms with Crippen LogP contribution in [0.15, 0.2) is 81.9 Å². The van der Waals surface area contributed by atoms with Crippen molar-refractivity contribution >= 4 is 11.9 Å². The van der Waals surface area contributed by atoms with Crippen LogP contribution in [0.5, 0.6) is 0 Å². The molecule has 1 heteroatoms. The number of para-hydroxylation sites is 1. The van der Waals surface area contributed by atoms with Gasteiger partial charge in [0.2, 0.25) is 0 Å². The fourth-order valence-electron chi connectivity index (χ4n) is 3.58. The molecule has 0 aromatic heterocycles. The summed E-state index contributed by atoms with van der Waals surface area (Å²) in [6.45, 7) is 9.03. The Balaban J connectivity index is 1.88. The Kier molecular flexibility index (Phi) is 4.80. The quantitative estimate of drug-likeness (QED) is 0.579. The lowest BCUT2D eigenvalue weighted by Crippen LogP contribution is -2.04. The summed E-state index contributed by atoms with van der Waals surface area (Å²) in [5.74, 6) is 0.423. The van der Waals surface area contributed by atoms with Crippen molar-refractivity contribution in [2.24, 2.45) is 4.99 Å². The third kappa shape index (κ3) is 3.12. The molecular weight excluding hydrogens is 290 g/mol. The summed E-state index contributed by atoms with van der Waals surface area (Å²) in [6, 6.07) is 18.9. The molecule has 2 aromatic rings. The maximum atomic E-state index is 4.59. The highest BCUT2D eigenvalue weighted by atomic mass is 14.7. The van der Waals surface area contributed by atoms with Crippen molar-refractivity contribution in [1.29, 1.82) is 0 Å². The molecule has 0 spiro atoms. The van der Waals surface area contributed by atoms with Gasteiger partial charge in [-0.05, 0) is 62.1 Å². The van der Waals surface area contributed by atoms with E-state index in [1.165, 1.54) is 33.4 Å². The van der Waals surface area contributed by atoms with Crippen molar-refractivity contribution < 1.29 is 0 Å². The van der Waals surface area contributed by atoms with Crippen LogP contribution in [0.2, 0.25) is 0 Å². The molecule has 0 fully saturated rings. The van der Waals surface area contributed by atoms with Gasteiger partial charge in [0, 0.05) is 18.6 Å². The van der Waals surface area contributed by atoms with Gasteiger partial charge in [0.25, 0.3) is 0 Å². The maximum Gasteiger partial charge on any atom is 0.0625 e. The Labute approximate surface area is 145 Å². The molecule has 24 heavy (non-hydrogen) atoms. The summed E-state index contributed by atoms with van der Waals surface area (Å²) < 4.78 is 0. The number of aliphatic imine (C=N–C) groups is 1. The van der Waals surface area contributed by atoms with Crippen LogP contribution >= 0.6 is 0 Å². The molecule has 0 radical (unpaired) electrons. The highest BCUT2D eigenvalue weighted by Crippen LogP contribution is 2.44. The minimum atomic E-state index is 0.423. The normalized spacial score (nSPS) is 15.8. The van der Waals surface area contributed by atoms with Crippen molar-refractivity contribution in [3.63, 3.8) is 0 Å². The molecule has 0 heterocycles. The highest BCUT2D eigenvalue weighted by Gasteiger charge is 2.26. The number of rotatable bonds is 4. The van der Waals surface area contributed by atoms with E-state index in [9.17, 15) is 0 Å². The zero-order valence-electron chi connectivity index (χ0n) is 15.0. The van der Waals surface area contributed by atoms with Gasteiger partial charge < -0.3 is 0 Å². The van der Waals surface area contributed by atoms with Crippen LogP contribution in [0.4, 0.5) is 5.69 Å². The van der Waals surface area contributed by atoms with Crippen molar-refractivity contribution in [2.45, 2.75) is 40.0 Å². The number of hydrogen-bond donors (Lipinski definition) is 0. The van der Waals surface area contributed by atoms with E-state index in [4.69, 9.17) is 0 Å².